The summed E-state index contributed by atoms with van der Waals surface area (Å²) < 4.78 is 0. The van der Waals surface area contributed by atoms with Gasteiger partial charge in [0.05, 0.1) is 0 Å². The average Bonchev–Trinajstić information content (AvgIpc) is 2.22. The molecule has 0 saturated heterocycles. The standard InChI is InChI=1S/C11H16Cl2/c1-6-7(2)9(4)11(5,8(6)3)10(12)13/h10H,1-5H3. The van der Waals surface area contributed by atoms with Crippen molar-refractivity contribution in [3.63, 3.8) is 0 Å². The normalized spacial score (nSPS) is 22.2. The largest absolute Gasteiger partial charge is 0.120 e. The summed E-state index contributed by atoms with van der Waals surface area (Å²) in [7, 11) is 0. The smallest absolute Gasteiger partial charge is 0.104 e. The van der Waals surface area contributed by atoms with Crippen molar-refractivity contribution in [3.05, 3.63) is 22.3 Å². The maximum absolute atomic E-state index is 6.04. The van der Waals surface area contributed by atoms with Gasteiger partial charge in [0, 0.05) is 5.41 Å². The zero-order chi connectivity index (χ0) is 10.4. The third kappa shape index (κ3) is 1.35. The quantitative estimate of drug-likeness (QED) is 0.570. The van der Waals surface area contributed by atoms with Crippen molar-refractivity contribution in [1.29, 1.82) is 0 Å². The molecule has 74 valence electrons. The van der Waals surface area contributed by atoms with Gasteiger partial charge in [-0.25, -0.2) is 0 Å². The molecule has 1 rings (SSSR count). The van der Waals surface area contributed by atoms with E-state index in [9.17, 15) is 0 Å². The summed E-state index contributed by atoms with van der Waals surface area (Å²) in [6.45, 7) is 10.6. The minimum absolute atomic E-state index is 0.155. The summed E-state index contributed by atoms with van der Waals surface area (Å²) in [4.78, 5) is -0.361. The molecule has 0 N–H and O–H groups in total. The fourth-order valence-corrected chi connectivity index (χ4v) is 2.60. The first-order chi connectivity index (χ1) is 5.83. The molecule has 0 bridgehead atoms. The Morgan fingerprint density at radius 1 is 0.923 bits per heavy atom. The van der Waals surface area contributed by atoms with Crippen LogP contribution >= 0.6 is 23.2 Å². The van der Waals surface area contributed by atoms with Gasteiger partial charge in [0.25, 0.3) is 0 Å². The topological polar surface area (TPSA) is 0 Å². The van der Waals surface area contributed by atoms with Crippen molar-refractivity contribution in [2.45, 2.75) is 39.5 Å². The van der Waals surface area contributed by atoms with Crippen LogP contribution in [-0.2, 0) is 0 Å². The Morgan fingerprint density at radius 2 is 1.23 bits per heavy atom. The number of alkyl halides is 2. The molecule has 0 radical (unpaired) electrons. The van der Waals surface area contributed by atoms with Crippen molar-refractivity contribution in [3.8, 4) is 0 Å². The van der Waals surface area contributed by atoms with E-state index in [4.69, 9.17) is 23.2 Å². The minimum Gasteiger partial charge on any atom is -0.104 e. The lowest BCUT2D eigenvalue weighted by atomic mass is 9.81. The Morgan fingerprint density at radius 3 is 1.38 bits per heavy atom. The van der Waals surface area contributed by atoms with Gasteiger partial charge in [0.15, 0.2) is 0 Å². The molecule has 2 heteroatoms. The molecule has 0 amide bonds. The van der Waals surface area contributed by atoms with Gasteiger partial charge in [-0.2, -0.15) is 0 Å². The monoisotopic (exact) mass is 218 g/mol. The molecule has 0 unspecified atom stereocenters. The van der Waals surface area contributed by atoms with Gasteiger partial charge >= 0.3 is 0 Å². The highest BCUT2D eigenvalue weighted by Gasteiger charge is 2.41. The number of halogens is 2. The summed E-state index contributed by atoms with van der Waals surface area (Å²) in [5.74, 6) is 0. The summed E-state index contributed by atoms with van der Waals surface area (Å²) in [6, 6.07) is 0. The molecular weight excluding hydrogens is 203 g/mol. The zero-order valence-corrected chi connectivity index (χ0v) is 10.3. The Hall–Kier alpha value is 0.0600. The average molecular weight is 219 g/mol. The number of hydrogen-bond acceptors (Lipinski definition) is 0. The fraction of sp³-hybridized carbons (Fsp3) is 0.636. The summed E-state index contributed by atoms with van der Waals surface area (Å²) in [6.07, 6.45) is 0. The Bertz CT molecular complexity index is 271. The first kappa shape index (κ1) is 11.1. The van der Waals surface area contributed by atoms with Crippen molar-refractivity contribution in [1.82, 2.24) is 0 Å². The van der Waals surface area contributed by atoms with Crippen molar-refractivity contribution in [2.24, 2.45) is 5.41 Å². The summed E-state index contributed by atoms with van der Waals surface area (Å²) >= 11 is 12.1. The molecule has 0 nitrogen and oxygen atoms in total. The summed E-state index contributed by atoms with van der Waals surface area (Å²) in [5.41, 5.74) is 5.13. The maximum atomic E-state index is 6.04. The van der Waals surface area contributed by atoms with Crippen LogP contribution in [-0.4, -0.2) is 4.84 Å². The molecule has 0 spiro atoms. The third-order valence-electron chi connectivity index (χ3n) is 3.68. The lowest BCUT2D eigenvalue weighted by Gasteiger charge is -2.30. The van der Waals surface area contributed by atoms with Crippen LogP contribution in [0.1, 0.15) is 34.6 Å². The van der Waals surface area contributed by atoms with Crippen LogP contribution in [0.25, 0.3) is 0 Å². The molecule has 1 aliphatic carbocycles. The summed E-state index contributed by atoms with van der Waals surface area (Å²) in [5, 5.41) is 0. The fourth-order valence-electron chi connectivity index (χ4n) is 1.95. The van der Waals surface area contributed by atoms with E-state index in [1.54, 1.807) is 0 Å². The molecule has 13 heavy (non-hydrogen) atoms. The number of hydrogen-bond donors (Lipinski definition) is 0. The van der Waals surface area contributed by atoms with Crippen LogP contribution < -0.4 is 0 Å². The van der Waals surface area contributed by atoms with E-state index < -0.39 is 0 Å². The zero-order valence-electron chi connectivity index (χ0n) is 8.83. The lowest BCUT2D eigenvalue weighted by Crippen LogP contribution is -2.25. The van der Waals surface area contributed by atoms with E-state index in [2.05, 4.69) is 34.6 Å². The molecule has 0 saturated carbocycles. The van der Waals surface area contributed by atoms with Crippen LogP contribution in [0, 0.1) is 5.41 Å². The second-order valence-corrected chi connectivity index (χ2v) is 5.10. The molecule has 0 aliphatic heterocycles. The molecule has 0 fully saturated rings. The molecule has 0 heterocycles. The van der Waals surface area contributed by atoms with Crippen molar-refractivity contribution in [2.75, 3.05) is 0 Å². The van der Waals surface area contributed by atoms with E-state index in [0.29, 0.717) is 0 Å². The predicted octanol–water partition coefficient (Wildman–Crippen LogP) is 4.48. The highest BCUT2D eigenvalue weighted by atomic mass is 35.5. The van der Waals surface area contributed by atoms with Gasteiger partial charge < -0.3 is 0 Å². The molecular formula is C11H16Cl2. The number of rotatable bonds is 1. The lowest BCUT2D eigenvalue weighted by molar-refractivity contribution is 0.527. The van der Waals surface area contributed by atoms with Gasteiger partial charge in [-0.1, -0.05) is 11.1 Å². The van der Waals surface area contributed by atoms with E-state index in [0.717, 1.165) is 0 Å². The SMILES string of the molecule is CC1=C(C)C(C)(C(Cl)Cl)C(C)=C1C. The van der Waals surface area contributed by atoms with E-state index in [1.165, 1.54) is 22.3 Å². The van der Waals surface area contributed by atoms with Crippen LogP contribution in [0.15, 0.2) is 22.3 Å². The Balaban J connectivity index is 3.31. The molecule has 0 atom stereocenters. The molecule has 0 aromatic heterocycles. The van der Waals surface area contributed by atoms with Gasteiger partial charge in [-0.3, -0.25) is 0 Å². The van der Waals surface area contributed by atoms with Crippen LogP contribution in [0.4, 0.5) is 0 Å². The predicted molar refractivity (Wildman–Crippen MR) is 60.3 cm³/mol. The first-order valence-corrected chi connectivity index (χ1v) is 5.35. The maximum Gasteiger partial charge on any atom is 0.120 e. The van der Waals surface area contributed by atoms with Gasteiger partial charge in [0.1, 0.15) is 4.84 Å². The van der Waals surface area contributed by atoms with Crippen LogP contribution in [0.2, 0.25) is 0 Å². The second-order valence-electron chi connectivity index (χ2n) is 4.00. The second kappa shape index (κ2) is 3.33. The van der Waals surface area contributed by atoms with Crippen molar-refractivity contribution < 1.29 is 0 Å². The van der Waals surface area contributed by atoms with Gasteiger partial charge in [-0.05, 0) is 45.8 Å². The van der Waals surface area contributed by atoms with Gasteiger partial charge in [-0.15, -0.1) is 23.2 Å². The molecule has 1 aliphatic rings. The minimum atomic E-state index is -0.361. The van der Waals surface area contributed by atoms with Crippen molar-refractivity contribution >= 4 is 23.2 Å². The highest BCUT2D eigenvalue weighted by Crippen LogP contribution is 2.51. The van der Waals surface area contributed by atoms with Crippen LogP contribution in [0.3, 0.4) is 0 Å². The molecule has 0 aromatic rings. The highest BCUT2D eigenvalue weighted by molar-refractivity contribution is 6.45. The van der Waals surface area contributed by atoms with Crippen LogP contribution in [0.5, 0.6) is 0 Å². The number of allylic oxidation sites excluding steroid dienone is 4. The third-order valence-corrected chi connectivity index (χ3v) is 4.55. The first-order valence-electron chi connectivity index (χ1n) is 4.48. The van der Waals surface area contributed by atoms with E-state index >= 15 is 0 Å². The van der Waals surface area contributed by atoms with Gasteiger partial charge in [0.2, 0.25) is 0 Å². The Labute approximate surface area is 90.6 Å². The Kier molecular flexibility index (Phi) is 2.85. The van der Waals surface area contributed by atoms with E-state index in [-0.39, 0.29) is 10.3 Å². The van der Waals surface area contributed by atoms with E-state index in [1.807, 2.05) is 0 Å². The molecule has 0 aromatic carbocycles.